The summed E-state index contributed by atoms with van der Waals surface area (Å²) in [5, 5.41) is 4.12. The van der Waals surface area contributed by atoms with E-state index in [0.717, 1.165) is 22.2 Å². The van der Waals surface area contributed by atoms with Crippen molar-refractivity contribution in [3.63, 3.8) is 0 Å². The van der Waals surface area contributed by atoms with Gasteiger partial charge in [-0.2, -0.15) is 0 Å². The maximum Gasteiger partial charge on any atom is 0.117 e. The second-order valence-corrected chi connectivity index (χ2v) is 8.09. The third-order valence-electron chi connectivity index (χ3n) is 4.48. The lowest BCUT2D eigenvalue weighted by atomic mass is 10.0. The number of benzene rings is 2. The van der Waals surface area contributed by atoms with Crippen LogP contribution < -0.4 is 5.32 Å². The van der Waals surface area contributed by atoms with Gasteiger partial charge in [-0.25, -0.2) is 4.39 Å². The number of rotatable bonds is 7. The molecule has 0 amide bonds. The Balaban J connectivity index is 2.17. The largest absolute Gasteiger partial charge is 0.337 e. The molecule has 1 heterocycles. The van der Waals surface area contributed by atoms with Gasteiger partial charge in [0.15, 0.2) is 0 Å². The topological polar surface area (TPSA) is 20.2 Å². The van der Waals surface area contributed by atoms with E-state index in [-0.39, 0.29) is 12.4 Å². The lowest BCUT2D eigenvalue weighted by Crippen LogP contribution is -2.07. The van der Waals surface area contributed by atoms with Crippen molar-refractivity contribution in [2.24, 2.45) is 0 Å². The summed E-state index contributed by atoms with van der Waals surface area (Å²) in [5.74, 6) is -0.129. The molecule has 0 fully saturated rings. The quantitative estimate of drug-likeness (QED) is 0.562. The van der Waals surface area contributed by atoms with Crippen LogP contribution in [0.4, 0.5) is 4.39 Å². The second-order valence-electron chi connectivity index (χ2n) is 6.70. The van der Waals surface area contributed by atoms with E-state index in [9.17, 15) is 4.39 Å². The summed E-state index contributed by atoms with van der Waals surface area (Å²) in [7, 11) is 5.88. The molecule has 0 saturated carbocycles. The molecule has 27 heavy (non-hydrogen) atoms. The fourth-order valence-electron chi connectivity index (χ4n) is 3.33. The van der Waals surface area contributed by atoms with Crippen LogP contribution in [0.1, 0.15) is 5.69 Å². The van der Waals surface area contributed by atoms with Crippen molar-refractivity contribution in [1.29, 1.82) is 0 Å². The highest BCUT2D eigenvalue weighted by atomic mass is 32.2. The average Bonchev–Trinajstić information content (AvgIpc) is 2.91. The summed E-state index contributed by atoms with van der Waals surface area (Å²) in [5.41, 5.74) is 4.47. The Morgan fingerprint density at radius 2 is 1.93 bits per heavy atom. The number of halogens is 1. The van der Waals surface area contributed by atoms with Crippen LogP contribution in [0.3, 0.4) is 0 Å². The molecule has 0 aliphatic carbocycles. The molecule has 0 radical (unpaired) electrons. The normalized spacial score (nSPS) is 12.3. The van der Waals surface area contributed by atoms with Gasteiger partial charge in [0.2, 0.25) is 0 Å². The van der Waals surface area contributed by atoms with Crippen LogP contribution in [0.15, 0.2) is 65.3 Å². The first-order valence-electron chi connectivity index (χ1n) is 9.04. The monoisotopic (exact) mass is 383 g/mol. The van der Waals surface area contributed by atoms with E-state index in [1.165, 1.54) is 10.5 Å². The Kier molecular flexibility index (Phi) is 6.37. The van der Waals surface area contributed by atoms with Gasteiger partial charge < -0.3 is 9.88 Å². The first-order valence-corrected chi connectivity index (χ1v) is 9.81. The van der Waals surface area contributed by atoms with Crippen LogP contribution >= 0.6 is 11.9 Å². The minimum atomic E-state index is -0.129. The molecule has 0 aliphatic heterocycles. The molecule has 5 heteroatoms. The Labute approximate surface area is 165 Å². The van der Waals surface area contributed by atoms with Crippen LogP contribution in [0.5, 0.6) is 0 Å². The maximum absolute atomic E-state index is 14.4. The summed E-state index contributed by atoms with van der Waals surface area (Å²) in [6, 6.07) is 16.8. The predicted molar refractivity (Wildman–Crippen MR) is 115 cm³/mol. The van der Waals surface area contributed by atoms with Crippen molar-refractivity contribution < 1.29 is 4.39 Å². The van der Waals surface area contributed by atoms with Crippen molar-refractivity contribution in [2.75, 3.05) is 27.7 Å². The maximum atomic E-state index is 14.4. The van der Waals surface area contributed by atoms with Crippen LogP contribution in [0.25, 0.3) is 22.0 Å². The zero-order valence-electron chi connectivity index (χ0n) is 16.3. The van der Waals surface area contributed by atoms with E-state index in [4.69, 9.17) is 0 Å². The second kappa shape index (κ2) is 8.74. The molecule has 0 saturated heterocycles. The van der Waals surface area contributed by atoms with E-state index in [0.29, 0.717) is 6.54 Å². The number of likely N-dealkylation sites (N-methyl/N-ethyl adjacent to an activating group) is 1. The fraction of sp³-hybridized carbons (Fsp3) is 0.273. The first kappa shape index (κ1) is 19.7. The van der Waals surface area contributed by atoms with Crippen LogP contribution in [0, 0.1) is 6.92 Å². The highest BCUT2D eigenvalue weighted by molar-refractivity contribution is 7.97. The number of hydrogen-bond donors (Lipinski definition) is 1. The van der Waals surface area contributed by atoms with Gasteiger partial charge in [0.05, 0.1) is 6.54 Å². The van der Waals surface area contributed by atoms with Gasteiger partial charge in [-0.3, -0.25) is 4.31 Å². The summed E-state index contributed by atoms with van der Waals surface area (Å²) in [6.45, 7) is 2.85. The van der Waals surface area contributed by atoms with E-state index < -0.39 is 0 Å². The van der Waals surface area contributed by atoms with Gasteiger partial charge in [0.25, 0.3) is 0 Å². The Bertz CT molecular complexity index is 945. The molecule has 1 aromatic heterocycles. The number of hydrogen-bond acceptors (Lipinski definition) is 3. The number of nitrogens with one attached hydrogen (secondary N) is 1. The van der Waals surface area contributed by atoms with E-state index in [2.05, 4.69) is 51.4 Å². The Morgan fingerprint density at radius 1 is 1.19 bits per heavy atom. The van der Waals surface area contributed by atoms with Crippen LogP contribution in [0.2, 0.25) is 0 Å². The molecule has 3 nitrogen and oxygen atoms in total. The van der Waals surface area contributed by atoms with E-state index in [1.807, 2.05) is 39.3 Å². The fourth-order valence-corrected chi connectivity index (χ4v) is 4.05. The van der Waals surface area contributed by atoms with Gasteiger partial charge in [-0.05, 0) is 69.9 Å². The summed E-state index contributed by atoms with van der Waals surface area (Å²) < 4.78 is 18.6. The first-order chi connectivity index (χ1) is 13.0. The van der Waals surface area contributed by atoms with E-state index >= 15 is 0 Å². The van der Waals surface area contributed by atoms with Gasteiger partial charge in [-0.15, -0.1) is 0 Å². The van der Waals surface area contributed by atoms with Gasteiger partial charge in [0.1, 0.15) is 5.83 Å². The third-order valence-corrected chi connectivity index (χ3v) is 5.31. The number of aromatic nitrogens is 1. The van der Waals surface area contributed by atoms with Gasteiger partial charge in [-0.1, -0.05) is 30.3 Å². The molecule has 2 aromatic carbocycles. The SMILES string of the molecule is CNC/C=C(\F)Cn1c(C)c(-c2ccccc2)c2cc(SN(C)C)ccc21. The number of allylic oxidation sites excluding steroid dienone is 1. The summed E-state index contributed by atoms with van der Waals surface area (Å²) in [4.78, 5) is 1.17. The Morgan fingerprint density at radius 3 is 2.59 bits per heavy atom. The lowest BCUT2D eigenvalue weighted by molar-refractivity contribution is 0.553. The van der Waals surface area contributed by atoms with E-state index in [1.54, 1.807) is 18.0 Å². The molecule has 0 bridgehead atoms. The third kappa shape index (κ3) is 4.43. The van der Waals surface area contributed by atoms with Crippen LogP contribution in [-0.4, -0.2) is 36.6 Å². The highest BCUT2D eigenvalue weighted by Gasteiger charge is 2.17. The minimum absolute atomic E-state index is 0.129. The molecule has 3 rings (SSSR count). The molecule has 3 aromatic rings. The molecular weight excluding hydrogens is 357 g/mol. The standard InChI is InChI=1S/C22H26FN3S/c1-16-22(17-8-6-5-7-9-17)20-14-19(27-25(3)4)10-11-21(20)26(16)15-18(23)12-13-24-2/h5-12,14,24H,13,15H2,1-4H3/b18-12-. The summed E-state index contributed by atoms with van der Waals surface area (Å²) >= 11 is 1.69. The van der Waals surface area contributed by atoms with Crippen molar-refractivity contribution in [3.8, 4) is 11.1 Å². The molecule has 0 atom stereocenters. The van der Waals surface area contributed by atoms with Crippen molar-refractivity contribution >= 4 is 22.9 Å². The van der Waals surface area contributed by atoms with Gasteiger partial charge in [0, 0.05) is 33.6 Å². The zero-order valence-corrected chi connectivity index (χ0v) is 17.1. The number of fused-ring (bicyclic) bond motifs is 1. The smallest absolute Gasteiger partial charge is 0.117 e. The van der Waals surface area contributed by atoms with Crippen molar-refractivity contribution in [2.45, 2.75) is 18.4 Å². The number of nitrogens with zero attached hydrogens (tertiary/aromatic N) is 2. The average molecular weight is 384 g/mol. The van der Waals surface area contributed by atoms with Crippen LogP contribution in [-0.2, 0) is 6.54 Å². The van der Waals surface area contributed by atoms with Crippen molar-refractivity contribution in [3.05, 3.63) is 66.1 Å². The molecule has 0 aliphatic rings. The van der Waals surface area contributed by atoms with Crippen molar-refractivity contribution in [1.82, 2.24) is 14.2 Å². The molecule has 1 N–H and O–H groups in total. The Hall–Kier alpha value is -2.08. The summed E-state index contributed by atoms with van der Waals surface area (Å²) in [6.07, 6.45) is 1.60. The molecule has 0 spiro atoms. The molecular formula is C22H26FN3S. The van der Waals surface area contributed by atoms with Gasteiger partial charge >= 0.3 is 0 Å². The zero-order chi connectivity index (χ0) is 19.4. The molecule has 142 valence electrons. The lowest BCUT2D eigenvalue weighted by Gasteiger charge is -2.09. The minimum Gasteiger partial charge on any atom is -0.337 e. The highest BCUT2D eigenvalue weighted by Crippen LogP contribution is 2.37. The predicted octanol–water partition coefficient (Wildman–Crippen LogP) is 5.26. The molecule has 0 unspecified atom stereocenters.